The van der Waals surface area contributed by atoms with Crippen molar-refractivity contribution in [3.63, 3.8) is 0 Å². The molecule has 1 aromatic carbocycles. The number of hydrogen-bond acceptors (Lipinski definition) is 6. The number of carbonyl (C=O) groups excluding carboxylic acids is 2. The standard InChI is InChI=1S/C17H21N3O4S/c1-17(2,3)24-16(22)19-13(11-7-5-6-8-12(11)23-4)14(21)20-15-18-9-10-25-15/h5-10,13H,1-4H3,(H,19,22)(H,18,20,21). The van der Waals surface area contributed by atoms with E-state index in [9.17, 15) is 9.59 Å². The fourth-order valence-electron chi connectivity index (χ4n) is 2.08. The van der Waals surface area contributed by atoms with Crippen LogP contribution in [0.15, 0.2) is 35.8 Å². The van der Waals surface area contributed by atoms with Crippen molar-refractivity contribution in [2.75, 3.05) is 12.4 Å². The summed E-state index contributed by atoms with van der Waals surface area (Å²) in [6.45, 7) is 5.25. The van der Waals surface area contributed by atoms with Crippen molar-refractivity contribution in [3.05, 3.63) is 41.4 Å². The molecule has 0 radical (unpaired) electrons. The second kappa shape index (κ2) is 7.98. The molecule has 1 aromatic heterocycles. The van der Waals surface area contributed by atoms with Gasteiger partial charge in [-0.25, -0.2) is 9.78 Å². The molecule has 0 fully saturated rings. The van der Waals surface area contributed by atoms with Crippen LogP contribution in [-0.2, 0) is 9.53 Å². The van der Waals surface area contributed by atoms with E-state index in [1.54, 1.807) is 56.6 Å². The summed E-state index contributed by atoms with van der Waals surface area (Å²) < 4.78 is 10.6. The van der Waals surface area contributed by atoms with Gasteiger partial charge in [-0.15, -0.1) is 11.3 Å². The van der Waals surface area contributed by atoms with Crippen molar-refractivity contribution < 1.29 is 19.1 Å². The number of carbonyl (C=O) groups is 2. The molecule has 0 spiro atoms. The van der Waals surface area contributed by atoms with E-state index >= 15 is 0 Å². The molecule has 134 valence electrons. The Kier molecular flexibility index (Phi) is 5.97. The summed E-state index contributed by atoms with van der Waals surface area (Å²) in [5.41, 5.74) is -0.161. The third-order valence-corrected chi connectivity index (χ3v) is 3.72. The minimum absolute atomic E-state index is 0.440. The van der Waals surface area contributed by atoms with E-state index in [-0.39, 0.29) is 0 Å². The monoisotopic (exact) mass is 363 g/mol. The lowest BCUT2D eigenvalue weighted by atomic mass is 10.1. The first kappa shape index (κ1) is 18.7. The molecular formula is C17H21N3O4S. The summed E-state index contributed by atoms with van der Waals surface area (Å²) >= 11 is 1.28. The molecule has 8 heteroatoms. The molecule has 0 saturated heterocycles. The quantitative estimate of drug-likeness (QED) is 0.850. The lowest BCUT2D eigenvalue weighted by molar-refractivity contribution is -0.118. The van der Waals surface area contributed by atoms with Gasteiger partial charge in [0.15, 0.2) is 5.13 Å². The van der Waals surface area contributed by atoms with Crippen molar-refractivity contribution in [1.29, 1.82) is 0 Å². The highest BCUT2D eigenvalue weighted by atomic mass is 32.1. The molecule has 0 aliphatic carbocycles. The molecule has 1 atom stereocenters. The number of hydrogen-bond donors (Lipinski definition) is 2. The molecule has 2 N–H and O–H groups in total. The van der Waals surface area contributed by atoms with Crippen LogP contribution in [0.4, 0.5) is 9.93 Å². The summed E-state index contributed by atoms with van der Waals surface area (Å²) in [6, 6.07) is 5.98. The summed E-state index contributed by atoms with van der Waals surface area (Å²) in [5, 5.41) is 7.47. The van der Waals surface area contributed by atoms with Crippen LogP contribution in [0, 0.1) is 0 Å². The number of methoxy groups -OCH3 is 1. The Labute approximate surface area is 150 Å². The average molecular weight is 363 g/mol. The molecule has 0 aliphatic rings. The first-order valence-electron chi connectivity index (χ1n) is 7.63. The molecule has 1 unspecified atom stereocenters. The van der Waals surface area contributed by atoms with Crippen LogP contribution < -0.4 is 15.4 Å². The van der Waals surface area contributed by atoms with E-state index in [1.807, 2.05) is 0 Å². The van der Waals surface area contributed by atoms with E-state index in [0.29, 0.717) is 16.4 Å². The second-order valence-corrected chi connectivity index (χ2v) is 7.04. The maximum absolute atomic E-state index is 12.7. The van der Waals surface area contributed by atoms with Gasteiger partial charge in [0.2, 0.25) is 0 Å². The number of aromatic nitrogens is 1. The summed E-state index contributed by atoms with van der Waals surface area (Å²) in [5.74, 6) is 0.0446. The van der Waals surface area contributed by atoms with Gasteiger partial charge in [0.25, 0.3) is 5.91 Å². The van der Waals surface area contributed by atoms with Gasteiger partial charge in [0, 0.05) is 17.1 Å². The van der Waals surface area contributed by atoms with Crippen LogP contribution in [0.5, 0.6) is 5.75 Å². The zero-order valence-electron chi connectivity index (χ0n) is 14.5. The zero-order valence-corrected chi connectivity index (χ0v) is 15.3. The van der Waals surface area contributed by atoms with E-state index in [4.69, 9.17) is 9.47 Å². The van der Waals surface area contributed by atoms with Crippen LogP contribution >= 0.6 is 11.3 Å². The van der Waals surface area contributed by atoms with Crippen LogP contribution in [0.25, 0.3) is 0 Å². The number of nitrogens with one attached hydrogen (secondary N) is 2. The Bertz CT molecular complexity index is 726. The Morgan fingerprint density at radius 2 is 1.96 bits per heavy atom. The number of para-hydroxylation sites is 1. The summed E-state index contributed by atoms with van der Waals surface area (Å²) in [6.07, 6.45) is 0.886. The normalized spacial score (nSPS) is 12.2. The summed E-state index contributed by atoms with van der Waals surface area (Å²) in [4.78, 5) is 28.9. The molecule has 0 aliphatic heterocycles. The van der Waals surface area contributed by atoms with E-state index < -0.39 is 23.6 Å². The number of nitrogens with zero attached hydrogens (tertiary/aromatic N) is 1. The zero-order chi connectivity index (χ0) is 18.4. The average Bonchev–Trinajstić information content (AvgIpc) is 3.03. The van der Waals surface area contributed by atoms with Crippen molar-refractivity contribution in [1.82, 2.24) is 10.3 Å². The Morgan fingerprint density at radius 1 is 1.24 bits per heavy atom. The molecule has 2 aromatic rings. The highest BCUT2D eigenvalue weighted by Crippen LogP contribution is 2.26. The maximum Gasteiger partial charge on any atom is 0.408 e. The molecule has 0 bridgehead atoms. The third kappa shape index (κ3) is 5.46. The molecular weight excluding hydrogens is 342 g/mol. The number of benzene rings is 1. The van der Waals surface area contributed by atoms with Gasteiger partial charge in [-0.1, -0.05) is 18.2 Å². The Hall–Kier alpha value is -2.61. The van der Waals surface area contributed by atoms with Gasteiger partial charge < -0.3 is 14.8 Å². The number of rotatable bonds is 5. The highest BCUT2D eigenvalue weighted by Gasteiger charge is 2.28. The van der Waals surface area contributed by atoms with Crippen molar-refractivity contribution in [3.8, 4) is 5.75 Å². The van der Waals surface area contributed by atoms with Gasteiger partial charge in [-0.3, -0.25) is 10.1 Å². The number of ether oxygens (including phenoxy) is 2. The number of amides is 2. The minimum atomic E-state index is -0.991. The van der Waals surface area contributed by atoms with Crippen LogP contribution in [0.2, 0.25) is 0 Å². The molecule has 7 nitrogen and oxygen atoms in total. The molecule has 1 heterocycles. The SMILES string of the molecule is COc1ccccc1C(NC(=O)OC(C)(C)C)C(=O)Nc1nccs1. The topological polar surface area (TPSA) is 89.5 Å². The highest BCUT2D eigenvalue weighted by molar-refractivity contribution is 7.13. The van der Waals surface area contributed by atoms with Gasteiger partial charge >= 0.3 is 6.09 Å². The van der Waals surface area contributed by atoms with Gasteiger partial charge in [-0.05, 0) is 26.8 Å². The first-order chi connectivity index (χ1) is 11.8. The van der Waals surface area contributed by atoms with Crippen molar-refractivity contribution >= 4 is 28.5 Å². The molecule has 2 amide bonds. The lowest BCUT2D eigenvalue weighted by Crippen LogP contribution is -2.40. The number of alkyl carbamates (subject to hydrolysis) is 1. The smallest absolute Gasteiger partial charge is 0.408 e. The van der Waals surface area contributed by atoms with E-state index in [2.05, 4.69) is 15.6 Å². The fraction of sp³-hybridized carbons (Fsp3) is 0.353. The first-order valence-corrected chi connectivity index (χ1v) is 8.51. The molecule has 0 saturated carbocycles. The lowest BCUT2D eigenvalue weighted by Gasteiger charge is -2.24. The number of thiazole rings is 1. The van der Waals surface area contributed by atoms with E-state index in [1.165, 1.54) is 18.4 Å². The van der Waals surface area contributed by atoms with Crippen LogP contribution in [0.1, 0.15) is 32.4 Å². The second-order valence-electron chi connectivity index (χ2n) is 6.15. The van der Waals surface area contributed by atoms with Gasteiger partial charge in [0.05, 0.1) is 7.11 Å². The van der Waals surface area contributed by atoms with Gasteiger partial charge in [0.1, 0.15) is 17.4 Å². The summed E-state index contributed by atoms with van der Waals surface area (Å²) in [7, 11) is 1.50. The number of anilines is 1. The Balaban J connectivity index is 2.27. The Morgan fingerprint density at radius 3 is 2.56 bits per heavy atom. The third-order valence-electron chi connectivity index (χ3n) is 3.04. The van der Waals surface area contributed by atoms with Crippen molar-refractivity contribution in [2.24, 2.45) is 0 Å². The van der Waals surface area contributed by atoms with Crippen molar-refractivity contribution in [2.45, 2.75) is 32.4 Å². The largest absolute Gasteiger partial charge is 0.496 e. The molecule has 25 heavy (non-hydrogen) atoms. The predicted octanol–water partition coefficient (Wildman–Crippen LogP) is 3.36. The van der Waals surface area contributed by atoms with Crippen LogP contribution in [-0.4, -0.2) is 29.7 Å². The minimum Gasteiger partial charge on any atom is -0.496 e. The predicted molar refractivity (Wildman–Crippen MR) is 95.8 cm³/mol. The maximum atomic E-state index is 12.7. The fourth-order valence-corrected chi connectivity index (χ4v) is 2.61. The van der Waals surface area contributed by atoms with Gasteiger partial charge in [-0.2, -0.15) is 0 Å². The van der Waals surface area contributed by atoms with E-state index in [0.717, 1.165) is 0 Å². The van der Waals surface area contributed by atoms with Crippen LogP contribution in [0.3, 0.4) is 0 Å². The molecule has 2 rings (SSSR count).